The molecule has 20 heavy (non-hydrogen) atoms. The summed E-state index contributed by atoms with van der Waals surface area (Å²) in [5.41, 5.74) is 1.07. The molecule has 0 saturated heterocycles. The molecule has 0 atom stereocenters. The quantitative estimate of drug-likeness (QED) is 0.703. The highest BCUT2D eigenvalue weighted by atomic mass is 35.5. The van der Waals surface area contributed by atoms with Crippen molar-refractivity contribution < 1.29 is 9.47 Å². The molecule has 0 bridgehead atoms. The molecule has 5 heteroatoms. The Kier molecular flexibility index (Phi) is 6.33. The molecule has 3 nitrogen and oxygen atoms in total. The van der Waals surface area contributed by atoms with E-state index < -0.39 is 0 Å². The summed E-state index contributed by atoms with van der Waals surface area (Å²) in [6, 6.07) is 4.43. The van der Waals surface area contributed by atoms with Crippen molar-refractivity contribution in [2.24, 2.45) is 0 Å². The summed E-state index contributed by atoms with van der Waals surface area (Å²) >= 11 is 7.98. The number of methoxy groups -OCH3 is 1. The first-order chi connectivity index (χ1) is 9.74. The molecule has 1 aromatic rings. The minimum Gasteiger partial charge on any atom is -0.493 e. The van der Waals surface area contributed by atoms with Crippen LogP contribution in [0.5, 0.6) is 11.5 Å². The normalized spacial score (nSPS) is 14.3. The third kappa shape index (κ3) is 4.76. The molecular weight excluding hydrogens is 294 g/mol. The number of halogens is 1. The SMILES string of the molecule is COc1cc(Cl)cc(CNC2CC2)c1OCCCSC. The molecular formula is C15H22ClNO2S. The van der Waals surface area contributed by atoms with E-state index in [1.165, 1.54) is 12.8 Å². The van der Waals surface area contributed by atoms with Crippen molar-refractivity contribution in [1.29, 1.82) is 0 Å². The van der Waals surface area contributed by atoms with Crippen molar-refractivity contribution in [3.8, 4) is 11.5 Å². The smallest absolute Gasteiger partial charge is 0.165 e. The van der Waals surface area contributed by atoms with Gasteiger partial charge in [0.1, 0.15) is 0 Å². The predicted molar refractivity (Wildman–Crippen MR) is 86.4 cm³/mol. The molecule has 1 N–H and O–H groups in total. The average molecular weight is 316 g/mol. The minimum atomic E-state index is 0.657. The van der Waals surface area contributed by atoms with Gasteiger partial charge in [-0.1, -0.05) is 11.6 Å². The number of ether oxygens (including phenoxy) is 2. The maximum atomic E-state index is 6.15. The summed E-state index contributed by atoms with van der Waals surface area (Å²) in [7, 11) is 1.65. The van der Waals surface area contributed by atoms with Crippen LogP contribution in [-0.2, 0) is 6.54 Å². The number of rotatable bonds is 9. The summed E-state index contributed by atoms with van der Waals surface area (Å²) in [6.07, 6.45) is 5.67. The Morgan fingerprint density at radius 1 is 1.40 bits per heavy atom. The van der Waals surface area contributed by atoms with Crippen molar-refractivity contribution in [3.05, 3.63) is 22.7 Å². The zero-order valence-electron chi connectivity index (χ0n) is 12.1. The highest BCUT2D eigenvalue weighted by Gasteiger charge is 2.21. The second kappa shape index (κ2) is 8.01. The Labute approximate surface area is 130 Å². The van der Waals surface area contributed by atoms with E-state index in [1.54, 1.807) is 7.11 Å². The van der Waals surface area contributed by atoms with Gasteiger partial charge in [0, 0.05) is 29.2 Å². The standard InChI is InChI=1S/C15H22ClNO2S/c1-18-14-9-12(16)8-11(10-17-13-4-5-13)15(14)19-6-3-7-20-2/h8-9,13,17H,3-7,10H2,1-2H3. The van der Waals surface area contributed by atoms with Crippen molar-refractivity contribution in [2.45, 2.75) is 31.8 Å². The van der Waals surface area contributed by atoms with Gasteiger partial charge in [-0.05, 0) is 37.3 Å². The van der Waals surface area contributed by atoms with E-state index >= 15 is 0 Å². The largest absolute Gasteiger partial charge is 0.493 e. The van der Waals surface area contributed by atoms with Crippen LogP contribution >= 0.6 is 23.4 Å². The molecule has 2 rings (SSSR count). The molecule has 0 aromatic heterocycles. The second-order valence-electron chi connectivity index (χ2n) is 4.95. The van der Waals surface area contributed by atoms with Crippen molar-refractivity contribution in [1.82, 2.24) is 5.32 Å². The lowest BCUT2D eigenvalue weighted by molar-refractivity contribution is 0.291. The van der Waals surface area contributed by atoms with E-state index in [9.17, 15) is 0 Å². The Morgan fingerprint density at radius 3 is 2.85 bits per heavy atom. The van der Waals surface area contributed by atoms with Gasteiger partial charge in [0.25, 0.3) is 0 Å². The summed E-state index contributed by atoms with van der Waals surface area (Å²) in [5, 5.41) is 4.18. The molecule has 1 aliphatic rings. The van der Waals surface area contributed by atoms with Gasteiger partial charge < -0.3 is 14.8 Å². The van der Waals surface area contributed by atoms with E-state index in [1.807, 2.05) is 23.9 Å². The number of thioether (sulfide) groups is 1. The Morgan fingerprint density at radius 2 is 2.20 bits per heavy atom. The van der Waals surface area contributed by atoms with Gasteiger partial charge in [-0.15, -0.1) is 0 Å². The fraction of sp³-hybridized carbons (Fsp3) is 0.600. The van der Waals surface area contributed by atoms with E-state index in [-0.39, 0.29) is 0 Å². The number of hydrogen-bond donors (Lipinski definition) is 1. The molecule has 0 heterocycles. The van der Waals surface area contributed by atoms with Gasteiger partial charge in [-0.2, -0.15) is 11.8 Å². The number of nitrogens with one attached hydrogen (secondary N) is 1. The fourth-order valence-electron chi connectivity index (χ4n) is 1.99. The van der Waals surface area contributed by atoms with Gasteiger partial charge in [0.05, 0.1) is 13.7 Å². The fourth-order valence-corrected chi connectivity index (χ4v) is 2.63. The zero-order valence-corrected chi connectivity index (χ0v) is 13.6. The summed E-state index contributed by atoms with van der Waals surface area (Å²) in [5.74, 6) is 2.64. The van der Waals surface area contributed by atoms with Crippen LogP contribution in [0.15, 0.2) is 12.1 Å². The minimum absolute atomic E-state index is 0.657. The van der Waals surface area contributed by atoms with Crippen LogP contribution in [0.4, 0.5) is 0 Å². The molecule has 112 valence electrons. The molecule has 0 spiro atoms. The lowest BCUT2D eigenvalue weighted by atomic mass is 10.1. The monoisotopic (exact) mass is 315 g/mol. The lowest BCUT2D eigenvalue weighted by Gasteiger charge is -2.16. The van der Waals surface area contributed by atoms with Crippen LogP contribution in [0.2, 0.25) is 5.02 Å². The summed E-state index contributed by atoms with van der Waals surface area (Å²) in [4.78, 5) is 0. The third-order valence-corrected chi connectivity index (χ3v) is 4.13. The number of hydrogen-bond acceptors (Lipinski definition) is 4. The van der Waals surface area contributed by atoms with E-state index in [0.29, 0.717) is 23.4 Å². The van der Waals surface area contributed by atoms with Crippen molar-refractivity contribution >= 4 is 23.4 Å². The summed E-state index contributed by atoms with van der Waals surface area (Å²) < 4.78 is 11.3. The molecule has 1 saturated carbocycles. The van der Waals surface area contributed by atoms with Crippen LogP contribution in [0.1, 0.15) is 24.8 Å². The van der Waals surface area contributed by atoms with Crippen LogP contribution in [0.25, 0.3) is 0 Å². The summed E-state index contributed by atoms with van der Waals surface area (Å²) in [6.45, 7) is 1.48. The van der Waals surface area contributed by atoms with Crippen LogP contribution in [0.3, 0.4) is 0 Å². The molecule has 0 aliphatic heterocycles. The van der Waals surface area contributed by atoms with Crippen LogP contribution in [-0.4, -0.2) is 31.8 Å². The van der Waals surface area contributed by atoms with E-state index in [4.69, 9.17) is 21.1 Å². The van der Waals surface area contributed by atoms with Crippen LogP contribution in [0, 0.1) is 0 Å². The second-order valence-corrected chi connectivity index (χ2v) is 6.37. The van der Waals surface area contributed by atoms with Crippen molar-refractivity contribution in [2.75, 3.05) is 25.7 Å². The average Bonchev–Trinajstić information content (AvgIpc) is 3.26. The van der Waals surface area contributed by atoms with Crippen LogP contribution < -0.4 is 14.8 Å². The molecule has 0 radical (unpaired) electrons. The maximum absolute atomic E-state index is 6.15. The van der Waals surface area contributed by atoms with E-state index in [2.05, 4.69) is 11.6 Å². The van der Waals surface area contributed by atoms with Gasteiger partial charge >= 0.3 is 0 Å². The first-order valence-electron chi connectivity index (χ1n) is 6.96. The number of benzene rings is 1. The highest BCUT2D eigenvalue weighted by molar-refractivity contribution is 7.98. The zero-order chi connectivity index (χ0) is 14.4. The highest BCUT2D eigenvalue weighted by Crippen LogP contribution is 2.35. The van der Waals surface area contributed by atoms with E-state index in [0.717, 1.165) is 30.0 Å². The first kappa shape index (κ1) is 15.8. The van der Waals surface area contributed by atoms with Gasteiger partial charge in [0.15, 0.2) is 11.5 Å². The molecule has 1 aromatic carbocycles. The third-order valence-electron chi connectivity index (χ3n) is 3.21. The molecule has 1 fully saturated rings. The lowest BCUT2D eigenvalue weighted by Crippen LogP contribution is -2.16. The Balaban J connectivity index is 2.06. The maximum Gasteiger partial charge on any atom is 0.165 e. The predicted octanol–water partition coefficient (Wildman–Crippen LogP) is 3.73. The van der Waals surface area contributed by atoms with Gasteiger partial charge in [0.2, 0.25) is 0 Å². The van der Waals surface area contributed by atoms with Gasteiger partial charge in [-0.3, -0.25) is 0 Å². The van der Waals surface area contributed by atoms with Crippen molar-refractivity contribution in [3.63, 3.8) is 0 Å². The first-order valence-corrected chi connectivity index (χ1v) is 8.73. The topological polar surface area (TPSA) is 30.5 Å². The van der Waals surface area contributed by atoms with Gasteiger partial charge in [-0.25, -0.2) is 0 Å². The molecule has 0 amide bonds. The Bertz CT molecular complexity index is 438. The molecule has 0 unspecified atom stereocenters. The Hall–Kier alpha value is -0.580. The molecule has 1 aliphatic carbocycles.